The van der Waals surface area contributed by atoms with Crippen molar-refractivity contribution in [2.45, 2.75) is 64.2 Å². The fourth-order valence-electron chi connectivity index (χ4n) is 5.56. The van der Waals surface area contributed by atoms with E-state index in [2.05, 4.69) is 13.2 Å². The number of rotatable bonds is 29. The summed E-state index contributed by atoms with van der Waals surface area (Å²) in [6.07, 6.45) is 10.9. The van der Waals surface area contributed by atoms with E-state index in [1.807, 2.05) is 0 Å². The van der Waals surface area contributed by atoms with E-state index in [1.165, 1.54) is 42.7 Å². The summed E-state index contributed by atoms with van der Waals surface area (Å²) in [6, 6.07) is 19.7. The molecule has 0 saturated carbocycles. The number of hydrogen-bond acceptors (Lipinski definition) is 15. The van der Waals surface area contributed by atoms with Crippen molar-refractivity contribution >= 4 is 35.8 Å². The molecule has 0 N–H and O–H groups in total. The van der Waals surface area contributed by atoms with E-state index in [0.717, 1.165) is 63.5 Å². The molecule has 0 aliphatic carbocycles. The summed E-state index contributed by atoms with van der Waals surface area (Å²) in [5.74, 6) is -2.74. The molecule has 0 amide bonds. The van der Waals surface area contributed by atoms with Crippen LogP contribution in [0.2, 0.25) is 0 Å². The van der Waals surface area contributed by atoms with Crippen LogP contribution in [0.15, 0.2) is 115 Å². The van der Waals surface area contributed by atoms with Crippen molar-refractivity contribution in [3.05, 3.63) is 133 Å². The minimum Gasteiger partial charge on any atom is -0.494 e. The third kappa shape index (κ3) is 18.2. The van der Waals surface area contributed by atoms with Crippen LogP contribution in [-0.2, 0) is 28.5 Å². The average Bonchev–Trinajstić information content (AvgIpc) is 3.85. The second-order valence-electron chi connectivity index (χ2n) is 13.7. The van der Waals surface area contributed by atoms with Gasteiger partial charge in [-0.1, -0.05) is 13.2 Å². The maximum Gasteiger partial charge on any atom is 0.374 e. The van der Waals surface area contributed by atoms with Gasteiger partial charge in [0, 0.05) is 12.2 Å². The Balaban J connectivity index is 1.30. The lowest BCUT2D eigenvalue weighted by molar-refractivity contribution is -0.138. The summed E-state index contributed by atoms with van der Waals surface area (Å²) in [5, 5.41) is 0. The normalized spacial score (nSPS) is 10.5. The first kappa shape index (κ1) is 48.5. The van der Waals surface area contributed by atoms with Crippen LogP contribution in [0.4, 0.5) is 0 Å². The van der Waals surface area contributed by atoms with Crippen molar-refractivity contribution < 1.29 is 71.1 Å². The number of esters is 6. The number of carbonyl (C=O) groups excluding carboxylic acids is 6. The molecule has 0 aliphatic rings. The molecule has 0 spiro atoms. The summed E-state index contributed by atoms with van der Waals surface area (Å²) in [4.78, 5) is 74.0. The summed E-state index contributed by atoms with van der Waals surface area (Å²) in [5.41, 5.74) is 0.240. The maximum atomic E-state index is 13.4. The Bertz CT molecular complexity index is 2090. The quantitative estimate of drug-likeness (QED) is 0.0165. The predicted octanol–water partition coefficient (Wildman–Crippen LogP) is 8.85. The Labute approximate surface area is 365 Å². The summed E-state index contributed by atoms with van der Waals surface area (Å²) < 4.78 is 48.4. The van der Waals surface area contributed by atoms with Gasteiger partial charge in [-0.15, -0.1) is 0 Å². The van der Waals surface area contributed by atoms with E-state index in [0.29, 0.717) is 50.8 Å². The number of unbranched alkanes of at least 4 members (excludes halogenated alkanes) is 7. The molecule has 15 nitrogen and oxygen atoms in total. The summed E-state index contributed by atoms with van der Waals surface area (Å²) in [6.45, 7) is 8.35. The first-order chi connectivity index (χ1) is 30.7. The standard InChI is InChI=1S/C48H52O15/c1-3-43(49)58-29-11-7-5-9-27-55-37-21-17-35(18-22-37)45(51)62-39-25-26-41(40(34-39)47(53)60-31-13-14-32-61-48(54)42-16-15-33-57-42)63-46(52)36-19-23-38(24-20-36)56-28-10-6-8-12-30-59-44(50)4-2/h3-4,15-26,33-34H,1-2,5-14,27-32H2. The molecule has 4 rings (SSSR count). The molecule has 63 heavy (non-hydrogen) atoms. The van der Waals surface area contributed by atoms with Crippen LogP contribution in [0, 0.1) is 0 Å². The maximum absolute atomic E-state index is 13.4. The second-order valence-corrected chi connectivity index (χ2v) is 13.7. The lowest BCUT2D eigenvalue weighted by Crippen LogP contribution is -2.15. The van der Waals surface area contributed by atoms with Gasteiger partial charge >= 0.3 is 35.8 Å². The van der Waals surface area contributed by atoms with Gasteiger partial charge in [-0.3, -0.25) is 0 Å². The number of hydrogen-bond donors (Lipinski definition) is 0. The Kier molecular flexibility index (Phi) is 21.3. The van der Waals surface area contributed by atoms with Gasteiger partial charge in [0.25, 0.3) is 0 Å². The van der Waals surface area contributed by atoms with Crippen LogP contribution in [0.25, 0.3) is 0 Å². The van der Waals surface area contributed by atoms with Crippen LogP contribution in [0.5, 0.6) is 23.0 Å². The summed E-state index contributed by atoms with van der Waals surface area (Å²) >= 11 is 0. The summed E-state index contributed by atoms with van der Waals surface area (Å²) in [7, 11) is 0. The fraction of sp³-hybridized carbons (Fsp3) is 0.333. The Morgan fingerprint density at radius 1 is 0.460 bits per heavy atom. The first-order valence-electron chi connectivity index (χ1n) is 20.7. The average molecular weight is 869 g/mol. The van der Waals surface area contributed by atoms with Crippen molar-refractivity contribution in [2.75, 3.05) is 39.6 Å². The van der Waals surface area contributed by atoms with E-state index in [-0.39, 0.29) is 47.2 Å². The molecule has 0 saturated heterocycles. The Hall–Kier alpha value is -7.16. The fourth-order valence-corrected chi connectivity index (χ4v) is 5.56. The Morgan fingerprint density at radius 3 is 1.40 bits per heavy atom. The van der Waals surface area contributed by atoms with Gasteiger partial charge in [0.1, 0.15) is 28.6 Å². The SMILES string of the molecule is C=CC(=O)OCCCCCCOc1ccc(C(=O)Oc2ccc(OC(=O)c3ccc(OCCCCCCOC(=O)C=C)cc3)c(C(=O)OCCCCOC(=O)c3ccco3)c2)cc1. The van der Waals surface area contributed by atoms with Crippen molar-refractivity contribution in [3.8, 4) is 23.0 Å². The monoisotopic (exact) mass is 868 g/mol. The smallest absolute Gasteiger partial charge is 0.374 e. The van der Waals surface area contributed by atoms with Crippen molar-refractivity contribution in [2.24, 2.45) is 0 Å². The molecule has 0 atom stereocenters. The number of benzene rings is 3. The first-order valence-corrected chi connectivity index (χ1v) is 20.7. The lowest BCUT2D eigenvalue weighted by Gasteiger charge is -2.13. The van der Waals surface area contributed by atoms with E-state index >= 15 is 0 Å². The van der Waals surface area contributed by atoms with Crippen LogP contribution < -0.4 is 18.9 Å². The zero-order valence-corrected chi connectivity index (χ0v) is 35.1. The molecule has 0 bridgehead atoms. The van der Waals surface area contributed by atoms with Gasteiger partial charge < -0.3 is 42.3 Å². The zero-order valence-electron chi connectivity index (χ0n) is 35.1. The highest BCUT2D eigenvalue weighted by Crippen LogP contribution is 2.28. The minimum atomic E-state index is -0.845. The van der Waals surface area contributed by atoms with Crippen molar-refractivity contribution in [1.82, 2.24) is 0 Å². The van der Waals surface area contributed by atoms with Gasteiger partial charge in [-0.25, -0.2) is 28.8 Å². The van der Waals surface area contributed by atoms with Crippen LogP contribution in [-0.4, -0.2) is 75.5 Å². The van der Waals surface area contributed by atoms with Crippen LogP contribution in [0.1, 0.15) is 106 Å². The van der Waals surface area contributed by atoms with Gasteiger partial charge in [0.05, 0.1) is 57.0 Å². The molecular formula is C48H52O15. The van der Waals surface area contributed by atoms with Gasteiger partial charge in [0.15, 0.2) is 0 Å². The molecule has 15 heteroatoms. The van der Waals surface area contributed by atoms with Gasteiger partial charge in [-0.05, 0) is 143 Å². The number of ether oxygens (including phenoxy) is 8. The molecule has 334 valence electrons. The predicted molar refractivity (Wildman–Crippen MR) is 228 cm³/mol. The third-order valence-electron chi connectivity index (χ3n) is 8.93. The van der Waals surface area contributed by atoms with Crippen LogP contribution in [0.3, 0.4) is 0 Å². The number of carbonyl (C=O) groups is 6. The molecule has 4 aromatic rings. The molecule has 1 heterocycles. The second kappa shape index (κ2) is 27.6. The van der Waals surface area contributed by atoms with E-state index in [9.17, 15) is 28.8 Å². The van der Waals surface area contributed by atoms with Crippen molar-refractivity contribution in [1.29, 1.82) is 0 Å². The van der Waals surface area contributed by atoms with Crippen molar-refractivity contribution in [3.63, 3.8) is 0 Å². The Morgan fingerprint density at radius 2 is 0.905 bits per heavy atom. The third-order valence-corrected chi connectivity index (χ3v) is 8.93. The molecule has 0 aliphatic heterocycles. The molecular weight excluding hydrogens is 817 g/mol. The van der Waals surface area contributed by atoms with Gasteiger partial charge in [-0.2, -0.15) is 0 Å². The lowest BCUT2D eigenvalue weighted by atomic mass is 10.1. The topological polar surface area (TPSA) is 189 Å². The highest BCUT2D eigenvalue weighted by molar-refractivity contribution is 5.97. The largest absolute Gasteiger partial charge is 0.494 e. The number of furan rings is 1. The van der Waals surface area contributed by atoms with Gasteiger partial charge in [0.2, 0.25) is 5.76 Å². The highest BCUT2D eigenvalue weighted by atomic mass is 16.6. The minimum absolute atomic E-state index is 0.00574. The highest BCUT2D eigenvalue weighted by Gasteiger charge is 2.21. The van der Waals surface area contributed by atoms with E-state index in [4.69, 9.17) is 42.3 Å². The molecule has 0 radical (unpaired) electrons. The molecule has 0 unspecified atom stereocenters. The molecule has 3 aromatic carbocycles. The zero-order chi connectivity index (χ0) is 45.1. The van der Waals surface area contributed by atoms with E-state index < -0.39 is 35.8 Å². The molecule has 1 aromatic heterocycles. The molecule has 0 fully saturated rings. The van der Waals surface area contributed by atoms with E-state index in [1.54, 1.807) is 42.5 Å². The van der Waals surface area contributed by atoms with Crippen LogP contribution >= 0.6 is 0 Å².